The first-order chi connectivity index (χ1) is 6.39. The van der Waals surface area contributed by atoms with E-state index in [-0.39, 0.29) is 11.8 Å². The molecule has 0 spiro atoms. The summed E-state index contributed by atoms with van der Waals surface area (Å²) in [6.45, 7) is 5.29. The first-order valence-corrected chi connectivity index (χ1v) is 5.12. The van der Waals surface area contributed by atoms with Crippen molar-refractivity contribution in [2.24, 2.45) is 5.10 Å². The monoisotopic (exact) mass is 240 g/mol. The number of carbonyl (C=O) groups is 1. The molecule has 0 heterocycles. The fraction of sp³-hybridized carbons (Fsp3) is 0.750. The number of hydrogen-bond donors (Lipinski definition) is 1. The van der Waals surface area contributed by atoms with Gasteiger partial charge in [0.05, 0.1) is 17.5 Å². The van der Waals surface area contributed by atoms with Crippen LogP contribution in [-0.4, -0.2) is 29.2 Å². The van der Waals surface area contributed by atoms with Crippen LogP contribution in [0.15, 0.2) is 5.10 Å². The van der Waals surface area contributed by atoms with Gasteiger partial charge in [-0.05, 0) is 20.8 Å². The molecule has 0 aliphatic heterocycles. The van der Waals surface area contributed by atoms with Gasteiger partial charge in [0.25, 0.3) is 0 Å². The van der Waals surface area contributed by atoms with Gasteiger partial charge in [0, 0.05) is 0 Å². The Morgan fingerprint density at radius 3 is 2.21 bits per heavy atom. The van der Waals surface area contributed by atoms with Gasteiger partial charge in [-0.2, -0.15) is 5.10 Å². The van der Waals surface area contributed by atoms with Crippen molar-refractivity contribution in [3.63, 3.8) is 0 Å². The van der Waals surface area contributed by atoms with E-state index < -0.39 is 11.7 Å². The van der Waals surface area contributed by atoms with E-state index in [2.05, 4.69) is 10.5 Å². The number of alkyl halides is 2. The average Bonchev–Trinajstić information content (AvgIpc) is 2.03. The molecule has 14 heavy (non-hydrogen) atoms. The summed E-state index contributed by atoms with van der Waals surface area (Å²) in [5.41, 5.74) is 2.14. The third-order valence-electron chi connectivity index (χ3n) is 1.01. The van der Waals surface area contributed by atoms with Gasteiger partial charge in [-0.15, -0.1) is 23.2 Å². The highest BCUT2D eigenvalue weighted by Gasteiger charge is 2.15. The second kappa shape index (κ2) is 6.09. The first-order valence-electron chi connectivity index (χ1n) is 4.05. The van der Waals surface area contributed by atoms with Crippen molar-refractivity contribution in [2.75, 3.05) is 11.8 Å². The molecule has 0 saturated carbocycles. The van der Waals surface area contributed by atoms with Crippen LogP contribution < -0.4 is 5.43 Å². The molecule has 0 saturated heterocycles. The van der Waals surface area contributed by atoms with Crippen molar-refractivity contribution < 1.29 is 9.53 Å². The predicted molar refractivity (Wildman–Crippen MR) is 58.2 cm³/mol. The standard InChI is InChI=1S/C8H14Cl2N2O2/c1-8(2,3)14-7(13)12-11-6(4-9)5-10/h4-5H2,1-3H3,(H,12,13). The Balaban J connectivity index is 4.02. The van der Waals surface area contributed by atoms with Gasteiger partial charge < -0.3 is 4.74 Å². The van der Waals surface area contributed by atoms with Crippen LogP contribution in [0.5, 0.6) is 0 Å². The number of rotatable bonds is 3. The molecule has 0 unspecified atom stereocenters. The van der Waals surface area contributed by atoms with E-state index in [1.165, 1.54) is 0 Å². The zero-order chi connectivity index (χ0) is 11.2. The van der Waals surface area contributed by atoms with Gasteiger partial charge in [-0.1, -0.05) is 0 Å². The maximum absolute atomic E-state index is 11.1. The molecular weight excluding hydrogens is 227 g/mol. The number of nitrogens with zero attached hydrogens (tertiary/aromatic N) is 1. The van der Waals surface area contributed by atoms with Gasteiger partial charge in [0.2, 0.25) is 0 Å². The minimum atomic E-state index is -0.620. The Hall–Kier alpha value is -0.480. The summed E-state index contributed by atoms with van der Waals surface area (Å²) in [5, 5.41) is 3.67. The summed E-state index contributed by atoms with van der Waals surface area (Å²) in [6.07, 6.45) is -0.620. The Bertz CT molecular complexity index is 218. The molecule has 0 aliphatic carbocycles. The van der Waals surface area contributed by atoms with Crippen LogP contribution in [0, 0.1) is 0 Å². The molecule has 0 fully saturated rings. The quantitative estimate of drug-likeness (QED) is 0.468. The summed E-state index contributed by atoms with van der Waals surface area (Å²) in [7, 11) is 0. The molecule has 0 aromatic rings. The Labute approximate surface area is 93.6 Å². The van der Waals surface area contributed by atoms with E-state index in [0.29, 0.717) is 5.71 Å². The van der Waals surface area contributed by atoms with Gasteiger partial charge in [-0.3, -0.25) is 0 Å². The second-order valence-electron chi connectivity index (χ2n) is 3.56. The molecule has 1 N–H and O–H groups in total. The van der Waals surface area contributed by atoms with E-state index >= 15 is 0 Å². The molecular formula is C8H14Cl2N2O2. The molecule has 0 aromatic heterocycles. The number of carbonyl (C=O) groups excluding carboxylic acids is 1. The van der Waals surface area contributed by atoms with E-state index in [1.54, 1.807) is 20.8 Å². The highest BCUT2D eigenvalue weighted by atomic mass is 35.5. The third kappa shape index (κ3) is 6.97. The fourth-order valence-corrected chi connectivity index (χ4v) is 0.926. The lowest BCUT2D eigenvalue weighted by Crippen LogP contribution is -2.30. The van der Waals surface area contributed by atoms with Gasteiger partial charge in [0.1, 0.15) is 5.60 Å². The maximum Gasteiger partial charge on any atom is 0.428 e. The van der Waals surface area contributed by atoms with Crippen LogP contribution in [0.25, 0.3) is 0 Å². The number of nitrogens with one attached hydrogen (secondary N) is 1. The highest BCUT2D eigenvalue weighted by Crippen LogP contribution is 2.06. The lowest BCUT2D eigenvalue weighted by atomic mass is 10.2. The SMILES string of the molecule is CC(C)(C)OC(=O)NN=C(CCl)CCl. The molecule has 0 radical (unpaired) electrons. The summed E-state index contributed by atoms with van der Waals surface area (Å²) in [6, 6.07) is 0. The molecule has 0 bridgehead atoms. The van der Waals surface area contributed by atoms with Crippen molar-refractivity contribution in [3.8, 4) is 0 Å². The molecule has 6 heteroatoms. The molecule has 0 rings (SSSR count). The van der Waals surface area contributed by atoms with E-state index in [9.17, 15) is 4.79 Å². The molecule has 0 aliphatic rings. The number of hydrazone groups is 1. The molecule has 4 nitrogen and oxygen atoms in total. The Morgan fingerprint density at radius 2 is 1.86 bits per heavy atom. The van der Waals surface area contributed by atoms with Crippen LogP contribution in [0.2, 0.25) is 0 Å². The largest absolute Gasteiger partial charge is 0.443 e. The summed E-state index contributed by atoms with van der Waals surface area (Å²) < 4.78 is 4.93. The van der Waals surface area contributed by atoms with Crippen molar-refractivity contribution in [1.82, 2.24) is 5.43 Å². The zero-order valence-electron chi connectivity index (χ0n) is 8.43. The lowest BCUT2D eigenvalue weighted by molar-refractivity contribution is 0.0529. The molecule has 1 amide bonds. The van der Waals surface area contributed by atoms with Crippen molar-refractivity contribution >= 4 is 35.0 Å². The Morgan fingerprint density at radius 1 is 1.36 bits per heavy atom. The number of amides is 1. The minimum absolute atomic E-state index is 0.180. The minimum Gasteiger partial charge on any atom is -0.443 e. The number of ether oxygens (including phenoxy) is 1. The smallest absolute Gasteiger partial charge is 0.428 e. The van der Waals surface area contributed by atoms with Gasteiger partial charge in [-0.25, -0.2) is 10.2 Å². The maximum atomic E-state index is 11.1. The van der Waals surface area contributed by atoms with E-state index in [0.717, 1.165) is 0 Å². The van der Waals surface area contributed by atoms with Crippen LogP contribution in [0.4, 0.5) is 4.79 Å². The predicted octanol–water partition coefficient (Wildman–Crippen LogP) is 2.34. The van der Waals surface area contributed by atoms with Gasteiger partial charge in [0.15, 0.2) is 0 Å². The zero-order valence-corrected chi connectivity index (χ0v) is 9.95. The van der Waals surface area contributed by atoms with Crippen molar-refractivity contribution in [2.45, 2.75) is 26.4 Å². The fourth-order valence-electron chi connectivity index (χ4n) is 0.521. The lowest BCUT2D eigenvalue weighted by Gasteiger charge is -2.18. The van der Waals surface area contributed by atoms with Crippen molar-refractivity contribution in [1.29, 1.82) is 0 Å². The number of halogens is 2. The van der Waals surface area contributed by atoms with Crippen molar-refractivity contribution in [3.05, 3.63) is 0 Å². The third-order valence-corrected chi connectivity index (χ3v) is 1.63. The highest BCUT2D eigenvalue weighted by molar-refractivity contribution is 6.36. The van der Waals surface area contributed by atoms with Crippen LogP contribution in [0.3, 0.4) is 0 Å². The summed E-state index contributed by atoms with van der Waals surface area (Å²) >= 11 is 11.0. The summed E-state index contributed by atoms with van der Waals surface area (Å²) in [4.78, 5) is 11.1. The second-order valence-corrected chi connectivity index (χ2v) is 4.09. The first kappa shape index (κ1) is 13.5. The summed E-state index contributed by atoms with van der Waals surface area (Å²) in [5.74, 6) is 0.360. The van der Waals surface area contributed by atoms with E-state index in [4.69, 9.17) is 27.9 Å². The van der Waals surface area contributed by atoms with Crippen LogP contribution in [-0.2, 0) is 4.74 Å². The molecule has 82 valence electrons. The normalized spacial score (nSPS) is 10.6. The molecule has 0 atom stereocenters. The number of hydrogen-bond acceptors (Lipinski definition) is 3. The van der Waals surface area contributed by atoms with Crippen LogP contribution in [0.1, 0.15) is 20.8 Å². The van der Waals surface area contributed by atoms with Gasteiger partial charge >= 0.3 is 6.09 Å². The van der Waals surface area contributed by atoms with Crippen LogP contribution >= 0.6 is 23.2 Å². The topological polar surface area (TPSA) is 50.7 Å². The molecule has 0 aromatic carbocycles. The average molecular weight is 241 g/mol. The van der Waals surface area contributed by atoms with E-state index in [1.807, 2.05) is 0 Å². The Kier molecular flexibility index (Phi) is 5.88.